The molecule has 2 aromatic rings. The third-order valence-electron chi connectivity index (χ3n) is 2.86. The van der Waals surface area contributed by atoms with E-state index in [-0.39, 0.29) is 6.17 Å². The number of aromatic amines is 1. The number of para-hydroxylation sites is 1. The maximum atomic E-state index is 11.2. The highest BCUT2D eigenvalue weighted by Crippen LogP contribution is 2.19. The highest BCUT2D eigenvalue weighted by molar-refractivity contribution is 5.84. The first kappa shape index (κ1) is 12.6. The minimum Gasteiger partial charge on any atom is -0.480 e. The predicted octanol–water partition coefficient (Wildman–Crippen LogP) is 1.06. The summed E-state index contributed by atoms with van der Waals surface area (Å²) < 4.78 is 0. The molecule has 0 fully saturated rings. The van der Waals surface area contributed by atoms with Crippen LogP contribution in [0.5, 0.6) is 0 Å². The maximum Gasteiger partial charge on any atom is 0.321 e. The first-order valence-electron chi connectivity index (χ1n) is 5.87. The van der Waals surface area contributed by atoms with Crippen molar-refractivity contribution in [1.82, 2.24) is 10.3 Å². The molecule has 5 nitrogen and oxygen atoms in total. The summed E-state index contributed by atoms with van der Waals surface area (Å²) in [6, 6.07) is 7.15. The van der Waals surface area contributed by atoms with Gasteiger partial charge in [0.15, 0.2) is 0 Å². The van der Waals surface area contributed by atoms with Crippen LogP contribution in [0.25, 0.3) is 10.9 Å². The second kappa shape index (κ2) is 5.20. The third-order valence-corrected chi connectivity index (χ3v) is 2.86. The minimum absolute atomic E-state index is 0.351. The minimum atomic E-state index is -0.891. The van der Waals surface area contributed by atoms with Gasteiger partial charge in [-0.05, 0) is 18.6 Å². The molecule has 2 rings (SSSR count). The van der Waals surface area contributed by atoms with Gasteiger partial charge in [-0.2, -0.15) is 0 Å². The first-order valence-corrected chi connectivity index (χ1v) is 5.87. The number of hydrogen-bond donors (Lipinski definition) is 4. The Morgan fingerprint density at radius 1 is 1.50 bits per heavy atom. The van der Waals surface area contributed by atoms with E-state index in [1.165, 1.54) is 0 Å². The van der Waals surface area contributed by atoms with Crippen LogP contribution in [0, 0.1) is 0 Å². The highest BCUT2D eigenvalue weighted by Gasteiger charge is 2.20. The summed E-state index contributed by atoms with van der Waals surface area (Å²) in [5, 5.41) is 13.1. The Hall–Kier alpha value is -1.85. The van der Waals surface area contributed by atoms with Crippen molar-refractivity contribution < 1.29 is 9.90 Å². The van der Waals surface area contributed by atoms with Gasteiger partial charge in [0.1, 0.15) is 6.04 Å². The van der Waals surface area contributed by atoms with Crippen LogP contribution < -0.4 is 11.1 Å². The largest absolute Gasteiger partial charge is 0.480 e. The lowest BCUT2D eigenvalue weighted by Gasteiger charge is -2.16. The highest BCUT2D eigenvalue weighted by atomic mass is 16.4. The van der Waals surface area contributed by atoms with Gasteiger partial charge >= 0.3 is 5.97 Å². The Kier molecular flexibility index (Phi) is 3.64. The van der Waals surface area contributed by atoms with E-state index in [0.717, 1.165) is 16.5 Å². The lowest BCUT2D eigenvalue weighted by atomic mass is 10.0. The number of carboxylic acids is 1. The lowest BCUT2D eigenvalue weighted by Crippen LogP contribution is -2.47. The molecule has 0 aliphatic heterocycles. The van der Waals surface area contributed by atoms with Gasteiger partial charge in [0.2, 0.25) is 0 Å². The molecule has 0 amide bonds. The second-order valence-corrected chi connectivity index (χ2v) is 4.41. The van der Waals surface area contributed by atoms with Gasteiger partial charge < -0.3 is 15.8 Å². The number of carboxylic acid groups (broad SMARTS) is 1. The summed E-state index contributed by atoms with van der Waals surface area (Å²) in [7, 11) is 0. The summed E-state index contributed by atoms with van der Waals surface area (Å²) in [5.74, 6) is -0.891. The van der Waals surface area contributed by atoms with Gasteiger partial charge in [-0.1, -0.05) is 18.2 Å². The average Bonchev–Trinajstić information content (AvgIpc) is 2.71. The van der Waals surface area contributed by atoms with Gasteiger partial charge in [0.25, 0.3) is 0 Å². The molecule has 0 aliphatic rings. The molecule has 0 radical (unpaired) electrons. The summed E-state index contributed by atoms with van der Waals surface area (Å²) in [6.45, 7) is 1.73. The average molecular weight is 247 g/mol. The number of nitrogens with two attached hydrogens (primary N) is 1. The molecule has 1 aromatic heterocycles. The lowest BCUT2D eigenvalue weighted by molar-refractivity contribution is -0.139. The molecule has 1 unspecified atom stereocenters. The van der Waals surface area contributed by atoms with Gasteiger partial charge in [0, 0.05) is 23.5 Å². The van der Waals surface area contributed by atoms with E-state index in [9.17, 15) is 4.79 Å². The number of H-pyrrole nitrogens is 1. The molecule has 2 atom stereocenters. The SMILES string of the molecule is CC(N)N[C@@H](Cc1c[nH]c2ccccc12)C(=O)O. The van der Waals surface area contributed by atoms with E-state index in [2.05, 4.69) is 10.3 Å². The Bertz CT molecular complexity index is 548. The van der Waals surface area contributed by atoms with Crippen LogP contribution in [0.15, 0.2) is 30.5 Å². The van der Waals surface area contributed by atoms with Crippen LogP contribution >= 0.6 is 0 Å². The number of hydrogen-bond acceptors (Lipinski definition) is 3. The van der Waals surface area contributed by atoms with E-state index in [1.807, 2.05) is 30.5 Å². The van der Waals surface area contributed by atoms with Gasteiger partial charge in [0.05, 0.1) is 6.17 Å². The van der Waals surface area contributed by atoms with Crippen LogP contribution in [-0.4, -0.2) is 28.3 Å². The van der Waals surface area contributed by atoms with E-state index in [0.29, 0.717) is 6.42 Å². The van der Waals surface area contributed by atoms with Crippen molar-refractivity contribution in [1.29, 1.82) is 0 Å². The van der Waals surface area contributed by atoms with Crippen molar-refractivity contribution in [2.75, 3.05) is 0 Å². The Labute approximate surface area is 105 Å². The second-order valence-electron chi connectivity index (χ2n) is 4.41. The normalized spacial score (nSPS) is 14.6. The predicted molar refractivity (Wildman–Crippen MR) is 70.2 cm³/mol. The Balaban J connectivity index is 2.23. The van der Waals surface area contributed by atoms with Crippen molar-refractivity contribution >= 4 is 16.9 Å². The van der Waals surface area contributed by atoms with Crippen LogP contribution in [0.3, 0.4) is 0 Å². The topological polar surface area (TPSA) is 91.1 Å². The number of nitrogens with one attached hydrogen (secondary N) is 2. The van der Waals surface area contributed by atoms with Crippen molar-refractivity contribution in [2.24, 2.45) is 5.73 Å². The molecular weight excluding hydrogens is 230 g/mol. The monoisotopic (exact) mass is 247 g/mol. The van der Waals surface area contributed by atoms with Crippen LogP contribution in [0.4, 0.5) is 0 Å². The molecule has 5 heteroatoms. The Morgan fingerprint density at radius 2 is 2.22 bits per heavy atom. The van der Waals surface area contributed by atoms with E-state index >= 15 is 0 Å². The maximum absolute atomic E-state index is 11.2. The van der Waals surface area contributed by atoms with Crippen LogP contribution in [0.1, 0.15) is 12.5 Å². The van der Waals surface area contributed by atoms with E-state index in [1.54, 1.807) is 6.92 Å². The number of aromatic nitrogens is 1. The molecule has 18 heavy (non-hydrogen) atoms. The third kappa shape index (κ3) is 2.69. The molecule has 0 aliphatic carbocycles. The number of carbonyl (C=O) groups is 1. The number of rotatable bonds is 5. The quantitative estimate of drug-likeness (QED) is 0.594. The number of fused-ring (bicyclic) bond motifs is 1. The van der Waals surface area contributed by atoms with Gasteiger partial charge in [-0.25, -0.2) is 0 Å². The molecule has 0 saturated carbocycles. The summed E-state index contributed by atoms with van der Waals surface area (Å²) >= 11 is 0. The van der Waals surface area contributed by atoms with E-state index < -0.39 is 12.0 Å². The zero-order valence-corrected chi connectivity index (χ0v) is 10.2. The Morgan fingerprint density at radius 3 is 2.89 bits per heavy atom. The number of aliphatic carboxylic acids is 1. The fraction of sp³-hybridized carbons (Fsp3) is 0.308. The molecule has 96 valence electrons. The summed E-state index contributed by atoms with van der Waals surface area (Å²) in [4.78, 5) is 14.3. The smallest absolute Gasteiger partial charge is 0.321 e. The number of benzene rings is 1. The molecule has 1 heterocycles. The molecular formula is C13H17N3O2. The zero-order chi connectivity index (χ0) is 13.1. The summed E-state index contributed by atoms with van der Waals surface area (Å²) in [6.07, 6.45) is 1.90. The molecule has 5 N–H and O–H groups in total. The summed E-state index contributed by atoms with van der Waals surface area (Å²) in [5.41, 5.74) is 7.58. The fourth-order valence-electron chi connectivity index (χ4n) is 2.06. The van der Waals surface area contributed by atoms with Crippen LogP contribution in [0.2, 0.25) is 0 Å². The van der Waals surface area contributed by atoms with E-state index in [4.69, 9.17) is 10.8 Å². The molecule has 0 spiro atoms. The van der Waals surface area contributed by atoms with Crippen LogP contribution in [-0.2, 0) is 11.2 Å². The van der Waals surface area contributed by atoms with Crippen molar-refractivity contribution in [3.8, 4) is 0 Å². The molecule has 0 bridgehead atoms. The van der Waals surface area contributed by atoms with Crippen molar-refractivity contribution in [3.05, 3.63) is 36.0 Å². The van der Waals surface area contributed by atoms with Crippen molar-refractivity contribution in [3.63, 3.8) is 0 Å². The zero-order valence-electron chi connectivity index (χ0n) is 10.2. The van der Waals surface area contributed by atoms with Gasteiger partial charge in [-0.15, -0.1) is 0 Å². The van der Waals surface area contributed by atoms with Gasteiger partial charge in [-0.3, -0.25) is 10.1 Å². The fourth-order valence-corrected chi connectivity index (χ4v) is 2.06. The first-order chi connectivity index (χ1) is 8.58. The standard InChI is InChI=1S/C13H17N3O2/c1-8(14)16-12(13(17)18)6-9-7-15-11-5-3-2-4-10(9)11/h2-5,7-8,12,15-16H,6,14H2,1H3,(H,17,18)/t8?,12-/m0/s1. The van der Waals surface area contributed by atoms with Crippen molar-refractivity contribution in [2.45, 2.75) is 25.6 Å². The molecule has 0 saturated heterocycles. The molecule has 1 aromatic carbocycles.